The molecule has 0 bridgehead atoms. The van der Waals surface area contributed by atoms with Crippen molar-refractivity contribution in [3.05, 3.63) is 81.3 Å². The number of carbonyl (C=O) groups is 3. The lowest BCUT2D eigenvalue weighted by molar-refractivity contribution is -0.145. The lowest BCUT2D eigenvalue weighted by atomic mass is 10.1. The Morgan fingerprint density at radius 3 is 2.47 bits per heavy atom. The van der Waals surface area contributed by atoms with Gasteiger partial charge in [-0.05, 0) is 29.8 Å². The molecule has 1 atom stereocenters. The first kappa shape index (κ1) is 21.7. The van der Waals surface area contributed by atoms with E-state index in [4.69, 9.17) is 4.74 Å². The number of benzene rings is 2. The molecule has 0 aliphatic rings. The Bertz CT molecular complexity index is 1040. The number of hydrogen-bond donors (Lipinski definition) is 2. The van der Waals surface area contributed by atoms with Crippen molar-refractivity contribution in [2.75, 3.05) is 12.4 Å². The highest BCUT2D eigenvalue weighted by atomic mass is 79.9. The van der Waals surface area contributed by atoms with Gasteiger partial charge in [0.25, 0.3) is 5.91 Å². The minimum atomic E-state index is -0.925. The highest BCUT2D eigenvalue weighted by Gasteiger charge is 2.24. The Kier molecular flexibility index (Phi) is 7.31. The molecule has 7 nitrogen and oxygen atoms in total. The number of nitrogens with one attached hydrogen (secondary N) is 2. The van der Waals surface area contributed by atoms with E-state index in [1.54, 1.807) is 53.9 Å². The summed E-state index contributed by atoms with van der Waals surface area (Å²) < 4.78 is 5.67. The van der Waals surface area contributed by atoms with E-state index in [0.29, 0.717) is 22.0 Å². The van der Waals surface area contributed by atoms with Crippen LogP contribution in [0.1, 0.15) is 27.7 Å². The van der Waals surface area contributed by atoms with Crippen molar-refractivity contribution < 1.29 is 19.1 Å². The summed E-state index contributed by atoms with van der Waals surface area (Å²) in [7, 11) is 1.27. The molecule has 1 heterocycles. The first-order valence-electron chi connectivity index (χ1n) is 8.89. The summed E-state index contributed by atoms with van der Waals surface area (Å²) in [6, 6.07) is 14.9. The molecule has 1 unspecified atom stereocenters. The summed E-state index contributed by atoms with van der Waals surface area (Å²) in [5, 5.41) is 7.47. The van der Waals surface area contributed by atoms with Crippen molar-refractivity contribution in [2.45, 2.75) is 12.5 Å². The number of methoxy groups -OCH3 is 1. The van der Waals surface area contributed by atoms with Gasteiger partial charge in [-0.3, -0.25) is 14.9 Å². The Labute approximate surface area is 185 Å². The highest BCUT2D eigenvalue weighted by Crippen LogP contribution is 2.20. The number of nitrogens with zero attached hydrogens (tertiary/aromatic N) is 1. The van der Waals surface area contributed by atoms with E-state index in [9.17, 15) is 14.4 Å². The molecule has 0 fully saturated rings. The molecule has 0 aliphatic carbocycles. The van der Waals surface area contributed by atoms with Crippen LogP contribution in [0.3, 0.4) is 0 Å². The SMILES string of the molecule is COC(=O)C(NC(=O)Cc1csc(NC(=O)c2ccccc2)n1)c1ccc(Br)cc1. The molecule has 3 rings (SSSR count). The molecular weight excluding hydrogens is 470 g/mol. The van der Waals surface area contributed by atoms with E-state index < -0.39 is 12.0 Å². The molecule has 0 aliphatic heterocycles. The molecule has 154 valence electrons. The summed E-state index contributed by atoms with van der Waals surface area (Å²) >= 11 is 4.56. The van der Waals surface area contributed by atoms with Crippen LogP contribution in [0.2, 0.25) is 0 Å². The quantitative estimate of drug-likeness (QED) is 0.494. The molecule has 0 saturated heterocycles. The van der Waals surface area contributed by atoms with Crippen LogP contribution in [0.4, 0.5) is 5.13 Å². The maximum Gasteiger partial charge on any atom is 0.333 e. The molecular formula is C21H18BrN3O4S. The van der Waals surface area contributed by atoms with Crippen LogP contribution in [0.25, 0.3) is 0 Å². The van der Waals surface area contributed by atoms with Gasteiger partial charge in [-0.15, -0.1) is 11.3 Å². The standard InChI is InChI=1S/C21H18BrN3O4S/c1-29-20(28)18(13-7-9-15(22)10-8-13)24-17(26)11-16-12-30-21(23-16)25-19(27)14-5-3-2-4-6-14/h2-10,12,18H,11H2,1H3,(H,24,26)(H,23,25,27). The van der Waals surface area contributed by atoms with Gasteiger partial charge >= 0.3 is 5.97 Å². The number of hydrogen-bond acceptors (Lipinski definition) is 6. The van der Waals surface area contributed by atoms with E-state index >= 15 is 0 Å². The van der Waals surface area contributed by atoms with Crippen LogP contribution < -0.4 is 10.6 Å². The zero-order valence-electron chi connectivity index (χ0n) is 15.9. The van der Waals surface area contributed by atoms with E-state index in [1.165, 1.54) is 18.4 Å². The van der Waals surface area contributed by atoms with Crippen LogP contribution in [0.5, 0.6) is 0 Å². The van der Waals surface area contributed by atoms with Gasteiger partial charge in [-0.2, -0.15) is 0 Å². The number of anilines is 1. The smallest absolute Gasteiger partial charge is 0.333 e. The molecule has 0 saturated carbocycles. The van der Waals surface area contributed by atoms with Crippen molar-refractivity contribution in [3.8, 4) is 0 Å². The normalized spacial score (nSPS) is 11.4. The molecule has 1 aromatic heterocycles. The van der Waals surface area contributed by atoms with Crippen molar-refractivity contribution in [1.82, 2.24) is 10.3 Å². The number of thiazole rings is 1. The molecule has 2 amide bonds. The predicted octanol–water partition coefficient (Wildman–Crippen LogP) is 3.73. The molecule has 9 heteroatoms. The minimum Gasteiger partial charge on any atom is -0.467 e. The van der Waals surface area contributed by atoms with Gasteiger partial charge in [-0.25, -0.2) is 9.78 Å². The lowest BCUT2D eigenvalue weighted by Crippen LogP contribution is -2.35. The molecule has 0 radical (unpaired) electrons. The Morgan fingerprint density at radius 1 is 1.10 bits per heavy atom. The summed E-state index contributed by atoms with van der Waals surface area (Å²) in [6.45, 7) is 0. The molecule has 30 heavy (non-hydrogen) atoms. The van der Waals surface area contributed by atoms with Crippen LogP contribution in [0.15, 0.2) is 64.5 Å². The number of ether oxygens (including phenoxy) is 1. The summed E-state index contributed by atoms with van der Waals surface area (Å²) in [6.07, 6.45) is -0.0400. The first-order chi connectivity index (χ1) is 14.5. The fourth-order valence-electron chi connectivity index (χ4n) is 2.63. The number of halogens is 1. The fraction of sp³-hybridized carbons (Fsp3) is 0.143. The first-order valence-corrected chi connectivity index (χ1v) is 10.6. The molecule has 3 aromatic rings. The maximum atomic E-state index is 12.5. The third kappa shape index (κ3) is 5.74. The van der Waals surface area contributed by atoms with Gasteiger partial charge < -0.3 is 10.1 Å². The third-order valence-electron chi connectivity index (χ3n) is 4.10. The number of carbonyl (C=O) groups excluding carboxylic acids is 3. The number of rotatable bonds is 7. The maximum absolute atomic E-state index is 12.5. The van der Waals surface area contributed by atoms with Gasteiger partial charge in [-0.1, -0.05) is 46.3 Å². The summed E-state index contributed by atoms with van der Waals surface area (Å²) in [5.41, 5.74) is 1.61. The van der Waals surface area contributed by atoms with Crippen molar-refractivity contribution >= 4 is 50.2 Å². The van der Waals surface area contributed by atoms with Crippen LogP contribution in [-0.4, -0.2) is 29.9 Å². The van der Waals surface area contributed by atoms with Gasteiger partial charge in [0, 0.05) is 15.4 Å². The van der Waals surface area contributed by atoms with Crippen molar-refractivity contribution in [3.63, 3.8) is 0 Å². The van der Waals surface area contributed by atoms with Gasteiger partial charge in [0.1, 0.15) is 0 Å². The zero-order valence-corrected chi connectivity index (χ0v) is 18.3. The Morgan fingerprint density at radius 2 is 1.80 bits per heavy atom. The van der Waals surface area contributed by atoms with Crippen LogP contribution in [0, 0.1) is 0 Å². The largest absolute Gasteiger partial charge is 0.467 e. The molecule has 0 spiro atoms. The lowest BCUT2D eigenvalue weighted by Gasteiger charge is -2.16. The Hall–Kier alpha value is -3.04. The van der Waals surface area contributed by atoms with Gasteiger partial charge in [0.05, 0.1) is 19.2 Å². The molecule has 2 aromatic carbocycles. The van der Waals surface area contributed by atoms with Gasteiger partial charge in [0.15, 0.2) is 11.2 Å². The van der Waals surface area contributed by atoms with Gasteiger partial charge in [0.2, 0.25) is 5.91 Å². The summed E-state index contributed by atoms with van der Waals surface area (Å²) in [5.74, 6) is -1.23. The second-order valence-corrected chi connectivity index (χ2v) is 7.99. The second kappa shape index (κ2) is 10.1. The monoisotopic (exact) mass is 487 g/mol. The average molecular weight is 488 g/mol. The fourth-order valence-corrected chi connectivity index (χ4v) is 3.60. The molecule has 2 N–H and O–H groups in total. The van der Waals surface area contributed by atoms with Crippen molar-refractivity contribution in [1.29, 1.82) is 0 Å². The summed E-state index contributed by atoms with van der Waals surface area (Å²) in [4.78, 5) is 41.1. The van der Waals surface area contributed by atoms with Crippen molar-refractivity contribution in [2.24, 2.45) is 0 Å². The second-order valence-electron chi connectivity index (χ2n) is 6.22. The topological polar surface area (TPSA) is 97.4 Å². The van der Waals surface area contributed by atoms with E-state index in [2.05, 4.69) is 31.5 Å². The Balaban J connectivity index is 1.63. The number of amides is 2. The van der Waals surface area contributed by atoms with E-state index in [1.807, 2.05) is 6.07 Å². The number of aromatic nitrogens is 1. The van der Waals surface area contributed by atoms with E-state index in [0.717, 1.165) is 4.47 Å². The predicted molar refractivity (Wildman–Crippen MR) is 117 cm³/mol. The van der Waals surface area contributed by atoms with E-state index in [-0.39, 0.29) is 18.2 Å². The minimum absolute atomic E-state index is 0.0400. The van der Waals surface area contributed by atoms with Crippen LogP contribution in [-0.2, 0) is 20.7 Å². The third-order valence-corrected chi connectivity index (χ3v) is 5.43. The zero-order chi connectivity index (χ0) is 21.5. The highest BCUT2D eigenvalue weighted by molar-refractivity contribution is 9.10. The number of esters is 1. The average Bonchev–Trinajstić information content (AvgIpc) is 3.19. The van der Waals surface area contributed by atoms with Crippen LogP contribution >= 0.6 is 27.3 Å².